The van der Waals surface area contributed by atoms with Crippen LogP contribution in [0.3, 0.4) is 0 Å². The maximum atomic E-state index is 13.9. The topological polar surface area (TPSA) is 111 Å². The van der Waals surface area contributed by atoms with Gasteiger partial charge >= 0.3 is 18.0 Å². The molecule has 5 rings (SSSR count). The lowest BCUT2D eigenvalue weighted by molar-refractivity contribution is -0.183. The van der Waals surface area contributed by atoms with Crippen LogP contribution in [0.4, 0.5) is 4.79 Å². The van der Waals surface area contributed by atoms with Crippen LogP contribution in [0, 0.1) is 22.7 Å². The summed E-state index contributed by atoms with van der Waals surface area (Å²) in [6.07, 6.45) is 4.20. The molecule has 2 unspecified atom stereocenters. The highest BCUT2D eigenvalue weighted by Gasteiger charge is 2.63. The molecule has 0 saturated heterocycles. The number of hydrogen-bond donors (Lipinski definition) is 1. The van der Waals surface area contributed by atoms with E-state index in [1.165, 1.54) is 12.0 Å². The molecular weight excluding hydrogens is 488 g/mol. The number of amides is 2. The van der Waals surface area contributed by atoms with E-state index in [-0.39, 0.29) is 18.3 Å². The van der Waals surface area contributed by atoms with Crippen LogP contribution in [0.5, 0.6) is 5.75 Å². The smallest absolute Gasteiger partial charge is 0.414 e. The molecule has 4 aliphatic rings. The third-order valence-corrected chi connectivity index (χ3v) is 8.09. The molecule has 4 bridgehead atoms. The Morgan fingerprint density at radius 3 is 2.11 bits per heavy atom. The summed E-state index contributed by atoms with van der Waals surface area (Å²) < 4.78 is 16.1. The number of carbonyl (C=O) groups excluding carboxylic acids is 4. The van der Waals surface area contributed by atoms with Gasteiger partial charge in [-0.25, -0.2) is 9.59 Å². The van der Waals surface area contributed by atoms with Gasteiger partial charge in [0.25, 0.3) is 0 Å². The number of hydrogen-bond acceptors (Lipinski definition) is 7. The molecule has 0 heterocycles. The highest BCUT2D eigenvalue weighted by Crippen LogP contribution is 2.65. The van der Waals surface area contributed by atoms with Gasteiger partial charge < -0.3 is 24.4 Å². The minimum atomic E-state index is -0.904. The average Bonchev–Trinajstić information content (AvgIpc) is 2.82. The summed E-state index contributed by atoms with van der Waals surface area (Å²) in [7, 11) is 4.61. The lowest BCUT2D eigenvalue weighted by Crippen LogP contribution is -2.61. The van der Waals surface area contributed by atoms with E-state index in [1.807, 2.05) is 0 Å². The molecule has 1 N–H and O–H groups in total. The van der Waals surface area contributed by atoms with E-state index in [2.05, 4.69) is 5.32 Å². The first-order valence-corrected chi connectivity index (χ1v) is 13.3. The number of carbonyl (C=O) groups is 4. The summed E-state index contributed by atoms with van der Waals surface area (Å²) >= 11 is 0. The zero-order chi connectivity index (χ0) is 27.9. The molecule has 4 aliphatic carbocycles. The lowest BCUT2D eigenvalue weighted by Gasteiger charge is -2.59. The number of nitrogens with zero attached hydrogens (tertiary/aromatic N) is 1. The van der Waals surface area contributed by atoms with Gasteiger partial charge in [0.1, 0.15) is 17.4 Å². The number of ether oxygens (including phenoxy) is 3. The number of nitrogens with one attached hydrogen (secondary N) is 1. The molecule has 2 amide bonds. The highest BCUT2D eigenvalue weighted by molar-refractivity contribution is 5.90. The van der Waals surface area contributed by atoms with Crippen molar-refractivity contribution in [3.63, 3.8) is 0 Å². The van der Waals surface area contributed by atoms with Gasteiger partial charge in [-0.05, 0) is 88.8 Å². The first-order chi connectivity index (χ1) is 17.7. The van der Waals surface area contributed by atoms with Crippen LogP contribution in [0.15, 0.2) is 24.3 Å². The number of rotatable bonds is 7. The summed E-state index contributed by atoms with van der Waals surface area (Å²) in [5, 5.41) is 3.02. The average molecular weight is 529 g/mol. The summed E-state index contributed by atoms with van der Waals surface area (Å²) in [6, 6.07) is 5.93. The van der Waals surface area contributed by atoms with Crippen molar-refractivity contribution in [2.75, 3.05) is 21.2 Å². The Bertz CT molecular complexity index is 1080. The summed E-state index contributed by atoms with van der Waals surface area (Å²) in [6.45, 7) is 5.37. The fourth-order valence-corrected chi connectivity index (χ4v) is 6.98. The van der Waals surface area contributed by atoms with Gasteiger partial charge in [0.05, 0.1) is 17.9 Å². The summed E-state index contributed by atoms with van der Waals surface area (Å²) in [5.74, 6) is 0.0696. The van der Waals surface area contributed by atoms with E-state index in [0.717, 1.165) is 37.7 Å². The molecule has 208 valence electrons. The number of esters is 2. The second-order valence-corrected chi connectivity index (χ2v) is 12.7. The third kappa shape index (κ3) is 5.81. The van der Waals surface area contributed by atoms with Crippen LogP contribution in [0.2, 0.25) is 0 Å². The van der Waals surface area contributed by atoms with Crippen molar-refractivity contribution in [3.8, 4) is 5.75 Å². The summed E-state index contributed by atoms with van der Waals surface area (Å²) in [5.41, 5.74) is -1.25. The van der Waals surface area contributed by atoms with Crippen molar-refractivity contribution in [2.45, 2.75) is 77.4 Å². The monoisotopic (exact) mass is 528 g/mol. The molecule has 0 aromatic heterocycles. The Labute approximate surface area is 224 Å². The fourth-order valence-electron chi connectivity index (χ4n) is 6.98. The molecule has 1 aromatic rings. The van der Waals surface area contributed by atoms with Crippen molar-refractivity contribution in [2.24, 2.45) is 22.7 Å². The second-order valence-electron chi connectivity index (χ2n) is 12.7. The molecule has 0 radical (unpaired) electrons. The molecular formula is C29H40N2O7. The van der Waals surface area contributed by atoms with E-state index in [0.29, 0.717) is 24.0 Å². The first-order valence-electron chi connectivity index (χ1n) is 13.3. The van der Waals surface area contributed by atoms with Crippen LogP contribution in [-0.2, 0) is 30.3 Å². The second kappa shape index (κ2) is 10.2. The largest absolute Gasteiger partial charge is 0.469 e. The predicted octanol–water partition coefficient (Wildman–Crippen LogP) is 3.88. The van der Waals surface area contributed by atoms with E-state index in [9.17, 15) is 19.2 Å². The summed E-state index contributed by atoms with van der Waals surface area (Å²) in [4.78, 5) is 53.2. The van der Waals surface area contributed by atoms with E-state index in [1.54, 1.807) is 59.1 Å². The minimum Gasteiger partial charge on any atom is -0.469 e. The number of benzene rings is 1. The quantitative estimate of drug-likeness (QED) is 0.535. The molecule has 4 fully saturated rings. The van der Waals surface area contributed by atoms with Crippen molar-refractivity contribution in [3.05, 3.63) is 29.8 Å². The van der Waals surface area contributed by atoms with Crippen LogP contribution < -0.4 is 10.1 Å². The third-order valence-electron chi connectivity index (χ3n) is 8.09. The maximum Gasteiger partial charge on any atom is 0.414 e. The van der Waals surface area contributed by atoms with Gasteiger partial charge in [-0.15, -0.1) is 0 Å². The zero-order valence-corrected chi connectivity index (χ0v) is 23.3. The molecule has 38 heavy (non-hydrogen) atoms. The highest BCUT2D eigenvalue weighted by atomic mass is 16.6. The van der Waals surface area contributed by atoms with Gasteiger partial charge in [0.2, 0.25) is 5.91 Å². The van der Waals surface area contributed by atoms with Crippen LogP contribution in [0.25, 0.3) is 0 Å². The van der Waals surface area contributed by atoms with E-state index >= 15 is 0 Å². The predicted molar refractivity (Wildman–Crippen MR) is 139 cm³/mol. The normalized spacial score (nSPS) is 28.3. The Morgan fingerprint density at radius 1 is 1.00 bits per heavy atom. The van der Waals surface area contributed by atoms with Gasteiger partial charge in [0, 0.05) is 20.5 Å². The molecule has 4 saturated carbocycles. The van der Waals surface area contributed by atoms with Gasteiger partial charge in [-0.2, -0.15) is 0 Å². The van der Waals surface area contributed by atoms with Crippen LogP contribution in [0.1, 0.15) is 64.9 Å². The van der Waals surface area contributed by atoms with Gasteiger partial charge in [-0.3, -0.25) is 9.59 Å². The van der Waals surface area contributed by atoms with Crippen molar-refractivity contribution in [1.82, 2.24) is 10.2 Å². The van der Waals surface area contributed by atoms with E-state index in [4.69, 9.17) is 14.2 Å². The van der Waals surface area contributed by atoms with Crippen LogP contribution >= 0.6 is 0 Å². The first kappa shape index (κ1) is 27.9. The van der Waals surface area contributed by atoms with Crippen molar-refractivity contribution < 1.29 is 33.4 Å². The Hall–Kier alpha value is -3.10. The van der Waals surface area contributed by atoms with Gasteiger partial charge in [0.15, 0.2) is 0 Å². The standard InChI is InChI=1S/C29H40N2O7/c1-27(2,3)38-23(32)22(12-18-7-9-21(10-8-18)37-26(35)31(4)5)30-24(33)28-13-19-11-20(14-28)16-29(15-19,17-28)25(34)36-6/h7-10,19-20,22H,11-17H2,1-6H3,(H,30,33)/t19?,20?,22-,28?,29?/m0/s1. The Morgan fingerprint density at radius 2 is 1.58 bits per heavy atom. The molecule has 0 spiro atoms. The Kier molecular flexibility index (Phi) is 7.51. The maximum absolute atomic E-state index is 13.9. The number of methoxy groups -OCH3 is 1. The minimum absolute atomic E-state index is 0.188. The van der Waals surface area contributed by atoms with Crippen molar-refractivity contribution in [1.29, 1.82) is 0 Å². The molecule has 0 aliphatic heterocycles. The molecule has 3 atom stereocenters. The lowest BCUT2D eigenvalue weighted by atomic mass is 9.44. The SMILES string of the molecule is COC(=O)C12CC3CC(CC(C(=O)N[C@@H](Cc4ccc(OC(=O)N(C)C)cc4)C(=O)OC(C)(C)C)(C3)C1)C2. The fraction of sp³-hybridized carbons (Fsp3) is 0.655. The molecule has 9 nitrogen and oxygen atoms in total. The molecule has 9 heteroatoms. The molecule has 1 aromatic carbocycles. The zero-order valence-electron chi connectivity index (χ0n) is 23.3. The van der Waals surface area contributed by atoms with Crippen LogP contribution in [-0.4, -0.2) is 61.7 Å². The Balaban J connectivity index is 1.53. The van der Waals surface area contributed by atoms with Gasteiger partial charge in [-0.1, -0.05) is 12.1 Å². The van der Waals surface area contributed by atoms with Crippen molar-refractivity contribution >= 4 is 23.9 Å². The van der Waals surface area contributed by atoms with E-state index < -0.39 is 34.5 Å².